The van der Waals surface area contributed by atoms with Crippen LogP contribution in [0.4, 0.5) is 0 Å². The van der Waals surface area contributed by atoms with Crippen molar-refractivity contribution in [1.82, 2.24) is 30.7 Å². The largest absolute Gasteiger partial charge is 1.00 e. The van der Waals surface area contributed by atoms with Crippen LogP contribution >= 0.6 is 0 Å². The summed E-state index contributed by atoms with van der Waals surface area (Å²) < 4.78 is 123. The molecule has 6 aliphatic rings. The summed E-state index contributed by atoms with van der Waals surface area (Å²) in [6.07, 6.45) is -0.559. The van der Waals surface area contributed by atoms with E-state index in [0.29, 0.717) is 56.0 Å². The minimum absolute atomic E-state index is 0. The molecular formula is C54H81B3N9Na3O30S3. The number of amides is 3. The first kappa shape index (κ1) is 90.1. The summed E-state index contributed by atoms with van der Waals surface area (Å²) in [5.41, 5.74) is 14.8. The van der Waals surface area contributed by atoms with Gasteiger partial charge in [-0.05, 0) is 74.9 Å². The fourth-order valence-corrected chi connectivity index (χ4v) is 12.4. The van der Waals surface area contributed by atoms with Crippen LogP contribution in [0.2, 0.25) is 19.0 Å². The summed E-state index contributed by atoms with van der Waals surface area (Å²) in [4.78, 5) is 77.5. The second kappa shape index (κ2) is 35.6. The number of nitrogens with zero attached hydrogens (tertiary/aromatic N) is 3. The Morgan fingerprint density at radius 2 is 0.667 bits per heavy atom. The van der Waals surface area contributed by atoms with Gasteiger partial charge >= 0.3 is 127 Å². The quantitative estimate of drug-likeness (QED) is 0.0249. The molecule has 3 aromatic rings. The molecule has 0 spiro atoms. The number of benzene rings is 3. The summed E-state index contributed by atoms with van der Waals surface area (Å²) >= 11 is 0. The molecular weight excluding hydrogens is 1450 g/mol. The van der Waals surface area contributed by atoms with Gasteiger partial charge in [-0.3, -0.25) is 42.7 Å². The third-order valence-electron chi connectivity index (χ3n) is 16.3. The molecule has 9 rings (SSSR count). The molecule has 3 atom stereocenters. The first-order valence-corrected chi connectivity index (χ1v) is 35.6. The molecule has 39 nitrogen and oxygen atoms in total. The molecule has 3 fully saturated rings. The number of aryl methyl sites for hydroxylation is 3. The molecule has 0 bridgehead atoms. The van der Waals surface area contributed by atoms with Gasteiger partial charge in [0.15, 0.2) is 0 Å². The van der Waals surface area contributed by atoms with E-state index in [1.807, 2.05) is 0 Å². The smallest absolute Gasteiger partial charge is 0.669 e. The van der Waals surface area contributed by atoms with Crippen LogP contribution in [0.1, 0.15) is 68.5 Å². The number of carbonyl (C=O) groups is 6. The van der Waals surface area contributed by atoms with E-state index >= 15 is 0 Å². The minimum atomic E-state index is -4.20. The first-order chi connectivity index (χ1) is 45.5. The van der Waals surface area contributed by atoms with Crippen LogP contribution in [0.25, 0.3) is 0 Å². The van der Waals surface area contributed by atoms with Crippen LogP contribution < -0.4 is 150 Å². The van der Waals surface area contributed by atoms with E-state index in [2.05, 4.69) is 16.0 Å². The van der Waals surface area contributed by atoms with Crippen LogP contribution in [0.3, 0.4) is 0 Å². The van der Waals surface area contributed by atoms with Gasteiger partial charge in [0.25, 0.3) is 30.4 Å². The van der Waals surface area contributed by atoms with E-state index in [9.17, 15) is 99.5 Å². The Morgan fingerprint density at radius 1 is 0.451 bits per heavy atom. The molecule has 552 valence electrons. The van der Waals surface area contributed by atoms with E-state index in [1.165, 1.54) is 39.0 Å². The summed E-state index contributed by atoms with van der Waals surface area (Å²) in [6, 6.07) is 9.35. The fraction of sp³-hybridized carbons (Fsp3) is 0.556. The van der Waals surface area contributed by atoms with Crippen molar-refractivity contribution >= 4 is 86.2 Å². The molecule has 0 saturated carbocycles. The fourth-order valence-electron chi connectivity index (χ4n) is 11.3. The number of carbonyl (C=O) groups excluding carboxylic acids is 3. The molecule has 0 aliphatic carbocycles. The van der Waals surface area contributed by atoms with Gasteiger partial charge < -0.3 is 107 Å². The average molecular weight is 1530 g/mol. The van der Waals surface area contributed by atoms with Gasteiger partial charge in [-0.25, -0.2) is 14.4 Å². The van der Waals surface area contributed by atoms with Gasteiger partial charge in [0, 0.05) is 78.5 Å². The summed E-state index contributed by atoms with van der Waals surface area (Å²) in [6.45, 7) is -3.38. The number of nitrogens with one attached hydrogen (secondary N) is 3. The maximum atomic E-state index is 12.2. The van der Waals surface area contributed by atoms with Gasteiger partial charge in [-0.2, -0.15) is 25.3 Å². The number of hydrogen-bond acceptors (Lipinski definition) is 30. The number of hydrogen-bond donors (Lipinski definition) is 18. The van der Waals surface area contributed by atoms with Crippen LogP contribution in [0.5, 0.6) is 34.5 Å². The number of ether oxygens (including phenoxy) is 3. The van der Waals surface area contributed by atoms with Crippen molar-refractivity contribution in [2.75, 3.05) is 95.8 Å². The SMILES string of the molecule is C[C@@](N)(CN1CC(Oc2ccc3c(c2C(=O)O)O[B-](O)(O)CC3)C1)C(=O)NCCS(=O)(=O)O.C[C@@](N)(CN1CC(Oc2ccc3c(c2C(=O)O)O[B-](O)(O)CC3)C1)C(=O)NCCS(=O)(=O)O.C[C@@](N)(CN1CC(Oc2ccc3c(c2C(=O)O)O[B-](O)(O)CC3)C1)C(=O)NCCS(=O)(=O)O.[Na+].[Na+].[Na+]. The Hall–Kier alpha value is -4.28. The first-order valence-electron chi connectivity index (χ1n) is 30.8. The molecule has 0 aromatic heterocycles. The van der Waals surface area contributed by atoms with Gasteiger partial charge in [0.05, 0.1) is 34.5 Å². The van der Waals surface area contributed by atoms with E-state index in [0.717, 1.165) is 0 Å². The van der Waals surface area contributed by atoms with Crippen LogP contribution in [-0.2, 0) is 64.0 Å². The van der Waals surface area contributed by atoms with E-state index in [-0.39, 0.29) is 217 Å². The zero-order valence-corrected chi connectivity index (χ0v) is 65.2. The molecule has 3 saturated heterocycles. The standard InChI is InChI=1S/3C18H27BN3O10S.3Na/c3*1-18(20,17(25)21-6-7-33(28,29)30)10-22-8-12(9-22)31-13-3-2-11-4-5-19(26,27)32-15(11)14(13)16(23)24;;;/h3*2-3,12,26-27H,4-10,20H2,1H3,(H,21,25)(H,23,24)(H,28,29,30);;;/q3*-1;3*+1/t3*18-;;;/m111.../s1. The number of carboxylic acids is 3. The average Bonchev–Trinajstić information content (AvgIpc) is 0.780. The zero-order chi connectivity index (χ0) is 73.8. The Labute approximate surface area is 652 Å². The van der Waals surface area contributed by atoms with Crippen molar-refractivity contribution in [3.63, 3.8) is 0 Å². The van der Waals surface area contributed by atoms with Crippen molar-refractivity contribution in [2.45, 2.75) is 93.9 Å². The van der Waals surface area contributed by atoms with Gasteiger partial charge in [-0.1, -0.05) is 37.2 Å². The molecule has 21 N–H and O–H groups in total. The third-order valence-corrected chi connectivity index (χ3v) is 18.5. The van der Waals surface area contributed by atoms with Crippen molar-refractivity contribution in [3.05, 3.63) is 69.8 Å². The normalized spacial score (nSPS) is 19.4. The Bertz CT molecular complexity index is 3530. The maximum absolute atomic E-state index is 12.2. The number of fused-ring (bicyclic) bond motifs is 3. The molecule has 6 aliphatic heterocycles. The van der Waals surface area contributed by atoms with Crippen LogP contribution in [0, 0.1) is 0 Å². The number of carboxylic acid groups (broad SMARTS) is 3. The van der Waals surface area contributed by atoms with Crippen molar-refractivity contribution in [1.29, 1.82) is 0 Å². The molecule has 0 radical (unpaired) electrons. The second-order valence-electron chi connectivity index (χ2n) is 25.9. The minimum Gasteiger partial charge on any atom is -0.669 e. The van der Waals surface area contributed by atoms with Crippen LogP contribution in [-0.4, -0.2) is 286 Å². The molecule has 102 heavy (non-hydrogen) atoms. The summed E-state index contributed by atoms with van der Waals surface area (Å²) in [7, 11) is -12.6. The third kappa shape index (κ3) is 26.0. The van der Waals surface area contributed by atoms with Gasteiger partial charge in [-0.15, -0.1) is 0 Å². The molecule has 48 heteroatoms. The Morgan fingerprint density at radius 3 is 0.863 bits per heavy atom. The van der Waals surface area contributed by atoms with Gasteiger partial charge in [0.1, 0.15) is 68.9 Å². The van der Waals surface area contributed by atoms with Crippen molar-refractivity contribution in [3.8, 4) is 34.5 Å². The zero-order valence-electron chi connectivity index (χ0n) is 56.8. The molecule has 0 unspecified atom stereocenters. The Kier molecular flexibility index (Phi) is 31.5. The van der Waals surface area contributed by atoms with E-state index < -0.39 is 138 Å². The molecule has 3 amide bonds. The Balaban J connectivity index is 0.000000320. The van der Waals surface area contributed by atoms with Crippen molar-refractivity contribution < 1.29 is 230 Å². The predicted octanol–water partition coefficient (Wildman–Crippen LogP) is -14.9. The monoisotopic (exact) mass is 1530 g/mol. The predicted molar refractivity (Wildman–Crippen MR) is 347 cm³/mol. The number of rotatable bonds is 27. The maximum Gasteiger partial charge on any atom is 1.00 e. The van der Waals surface area contributed by atoms with E-state index in [4.69, 9.17) is 59.0 Å². The van der Waals surface area contributed by atoms with E-state index in [1.54, 1.807) is 32.9 Å². The number of nitrogens with two attached hydrogens (primary N) is 3. The molecule has 6 heterocycles. The van der Waals surface area contributed by atoms with Crippen LogP contribution in [0.15, 0.2) is 36.4 Å². The number of likely N-dealkylation sites (tertiary alicyclic amines) is 3. The topological polar surface area (TPSA) is 627 Å². The number of aromatic carboxylic acids is 3. The van der Waals surface area contributed by atoms with Gasteiger partial charge in [0.2, 0.25) is 17.7 Å². The second-order valence-corrected chi connectivity index (χ2v) is 30.6. The van der Waals surface area contributed by atoms with Crippen molar-refractivity contribution in [2.24, 2.45) is 17.2 Å². The summed E-state index contributed by atoms with van der Waals surface area (Å²) in [5, 5.41) is 94.9. The summed E-state index contributed by atoms with van der Waals surface area (Å²) in [5.74, 6) is -7.92. The molecule has 3 aromatic carbocycles.